The minimum atomic E-state index is -0.0793. The molecule has 0 aromatic heterocycles. The molecule has 1 aromatic rings. The van der Waals surface area contributed by atoms with E-state index in [4.69, 9.17) is 23.2 Å². The summed E-state index contributed by atoms with van der Waals surface area (Å²) in [4.78, 5) is 24.6. The summed E-state index contributed by atoms with van der Waals surface area (Å²) in [7, 11) is 0. The molecule has 0 aliphatic heterocycles. The summed E-state index contributed by atoms with van der Waals surface area (Å²) >= 11 is 11.9. The van der Waals surface area contributed by atoms with Gasteiger partial charge in [-0.2, -0.15) is 0 Å². The van der Waals surface area contributed by atoms with E-state index in [0.717, 1.165) is 32.1 Å². The van der Waals surface area contributed by atoms with Crippen LogP contribution in [-0.4, -0.2) is 17.9 Å². The first-order valence-electron chi connectivity index (χ1n) is 8.47. The molecule has 2 amide bonds. The Balaban J connectivity index is 1.85. The topological polar surface area (TPSA) is 58.2 Å². The van der Waals surface area contributed by atoms with Crippen LogP contribution >= 0.6 is 23.2 Å². The molecule has 0 heterocycles. The smallest absolute Gasteiger partial charge is 0.227 e. The van der Waals surface area contributed by atoms with Crippen LogP contribution in [0.25, 0.3) is 0 Å². The van der Waals surface area contributed by atoms with Gasteiger partial charge in [-0.3, -0.25) is 9.59 Å². The third-order valence-corrected chi connectivity index (χ3v) is 5.21. The number of halogens is 2. The summed E-state index contributed by atoms with van der Waals surface area (Å²) in [5, 5.41) is 6.85. The van der Waals surface area contributed by atoms with Gasteiger partial charge in [0, 0.05) is 22.9 Å². The van der Waals surface area contributed by atoms with Crippen molar-refractivity contribution in [3.8, 4) is 0 Å². The van der Waals surface area contributed by atoms with Crippen LogP contribution in [0.5, 0.6) is 0 Å². The van der Waals surface area contributed by atoms with Gasteiger partial charge in [-0.25, -0.2) is 0 Å². The number of amides is 2. The van der Waals surface area contributed by atoms with Gasteiger partial charge in [0.05, 0.1) is 10.7 Å². The Morgan fingerprint density at radius 1 is 1.12 bits per heavy atom. The predicted octanol–water partition coefficient (Wildman–Crippen LogP) is 4.65. The first kappa shape index (κ1) is 19.1. The highest BCUT2D eigenvalue weighted by Crippen LogP contribution is 2.31. The van der Waals surface area contributed by atoms with Gasteiger partial charge in [-0.1, -0.05) is 30.1 Å². The maximum absolute atomic E-state index is 12.4. The summed E-state index contributed by atoms with van der Waals surface area (Å²) in [5.41, 5.74) is 0.572. The molecule has 0 spiro atoms. The lowest BCUT2D eigenvalue weighted by Crippen LogP contribution is -2.39. The highest BCUT2D eigenvalue weighted by Gasteiger charge is 2.30. The molecular formula is C18H24Cl2N2O2. The summed E-state index contributed by atoms with van der Waals surface area (Å²) < 4.78 is 0. The summed E-state index contributed by atoms with van der Waals surface area (Å²) in [6.45, 7) is 4.06. The van der Waals surface area contributed by atoms with Gasteiger partial charge >= 0.3 is 0 Å². The van der Waals surface area contributed by atoms with E-state index in [0.29, 0.717) is 15.7 Å². The summed E-state index contributed by atoms with van der Waals surface area (Å²) in [6.07, 6.45) is 3.85. The zero-order chi connectivity index (χ0) is 17.7. The van der Waals surface area contributed by atoms with Gasteiger partial charge in [0.15, 0.2) is 0 Å². The van der Waals surface area contributed by atoms with Crippen molar-refractivity contribution in [2.75, 3.05) is 5.32 Å². The maximum atomic E-state index is 12.4. The van der Waals surface area contributed by atoms with Crippen LogP contribution in [0, 0.1) is 11.8 Å². The highest BCUT2D eigenvalue weighted by molar-refractivity contribution is 6.36. The number of nitrogens with one attached hydrogen (secondary N) is 2. The molecule has 0 saturated heterocycles. The minimum absolute atomic E-state index is 0.0159. The molecule has 24 heavy (non-hydrogen) atoms. The van der Waals surface area contributed by atoms with Gasteiger partial charge in [0.25, 0.3) is 0 Å². The van der Waals surface area contributed by atoms with Crippen LogP contribution in [0.2, 0.25) is 10.0 Å². The van der Waals surface area contributed by atoms with Crippen LogP contribution < -0.4 is 10.6 Å². The van der Waals surface area contributed by atoms with Crippen LogP contribution in [0.4, 0.5) is 5.69 Å². The molecule has 1 aromatic carbocycles. The van der Waals surface area contributed by atoms with E-state index >= 15 is 0 Å². The molecule has 1 saturated carbocycles. The molecule has 0 bridgehead atoms. The van der Waals surface area contributed by atoms with Gasteiger partial charge in [-0.05, 0) is 57.2 Å². The van der Waals surface area contributed by atoms with Crippen LogP contribution in [-0.2, 0) is 9.59 Å². The number of carbonyl (C=O) groups is 2. The zero-order valence-electron chi connectivity index (χ0n) is 14.1. The minimum Gasteiger partial charge on any atom is -0.353 e. The molecule has 1 atom stereocenters. The third-order valence-electron chi connectivity index (χ3n) is 4.66. The second kappa shape index (κ2) is 8.72. The van der Waals surface area contributed by atoms with Crippen molar-refractivity contribution in [1.29, 1.82) is 0 Å². The van der Waals surface area contributed by atoms with Crippen molar-refractivity contribution in [1.82, 2.24) is 5.32 Å². The normalized spacial score (nSPS) is 21.8. The molecule has 1 aliphatic rings. The quantitative estimate of drug-likeness (QED) is 0.791. The number of rotatable bonds is 5. The lowest BCUT2D eigenvalue weighted by Gasteiger charge is -2.28. The average molecular weight is 371 g/mol. The zero-order valence-corrected chi connectivity index (χ0v) is 15.6. The monoisotopic (exact) mass is 370 g/mol. The van der Waals surface area contributed by atoms with Gasteiger partial charge in [0.1, 0.15) is 0 Å². The van der Waals surface area contributed by atoms with Crippen molar-refractivity contribution in [2.45, 2.75) is 52.0 Å². The standard InChI is InChI=1S/C18H24Cl2N2O2/c1-3-11(2)21-17(23)12-4-6-13(7-5-12)18(24)22-16-9-8-14(19)10-15(16)20/h8-13H,3-7H2,1-2H3,(H,21,23)(H,22,24). The van der Waals surface area contributed by atoms with Gasteiger partial charge in [-0.15, -0.1) is 0 Å². The lowest BCUT2D eigenvalue weighted by molar-refractivity contribution is -0.129. The van der Waals surface area contributed by atoms with E-state index in [9.17, 15) is 9.59 Å². The third kappa shape index (κ3) is 5.12. The Morgan fingerprint density at radius 3 is 2.25 bits per heavy atom. The lowest BCUT2D eigenvalue weighted by atomic mass is 9.81. The van der Waals surface area contributed by atoms with Gasteiger partial charge in [0.2, 0.25) is 11.8 Å². The summed E-state index contributed by atoms with van der Waals surface area (Å²) in [6, 6.07) is 5.20. The molecule has 4 nitrogen and oxygen atoms in total. The Morgan fingerprint density at radius 2 is 1.71 bits per heavy atom. The molecule has 0 radical (unpaired) electrons. The predicted molar refractivity (Wildman–Crippen MR) is 98.4 cm³/mol. The summed E-state index contributed by atoms with van der Waals surface area (Å²) in [5.74, 6) is 0.00974. The Bertz CT molecular complexity index is 599. The number of carbonyl (C=O) groups excluding carboxylic acids is 2. The SMILES string of the molecule is CCC(C)NC(=O)C1CCC(C(=O)Nc2ccc(Cl)cc2Cl)CC1. The first-order valence-corrected chi connectivity index (χ1v) is 9.22. The number of hydrogen-bond acceptors (Lipinski definition) is 2. The maximum Gasteiger partial charge on any atom is 0.227 e. The Kier molecular flexibility index (Phi) is 6.93. The molecule has 1 unspecified atom stereocenters. The van der Waals surface area contributed by atoms with Gasteiger partial charge < -0.3 is 10.6 Å². The van der Waals surface area contributed by atoms with E-state index < -0.39 is 0 Å². The molecule has 1 fully saturated rings. The second-order valence-electron chi connectivity index (χ2n) is 6.48. The molecular weight excluding hydrogens is 347 g/mol. The van der Waals surface area contributed by atoms with Crippen molar-refractivity contribution < 1.29 is 9.59 Å². The fourth-order valence-electron chi connectivity index (χ4n) is 2.91. The number of hydrogen-bond donors (Lipinski definition) is 2. The molecule has 2 rings (SSSR count). The first-order chi connectivity index (χ1) is 11.4. The van der Waals surface area contributed by atoms with E-state index in [1.165, 1.54) is 0 Å². The fourth-order valence-corrected chi connectivity index (χ4v) is 3.36. The van der Waals surface area contributed by atoms with Crippen LogP contribution in [0.3, 0.4) is 0 Å². The van der Waals surface area contributed by atoms with E-state index in [1.807, 2.05) is 13.8 Å². The molecule has 2 N–H and O–H groups in total. The Hall–Kier alpha value is -1.26. The Labute approximate surface area is 153 Å². The fraction of sp³-hybridized carbons (Fsp3) is 0.556. The van der Waals surface area contributed by atoms with Crippen molar-refractivity contribution >= 4 is 40.7 Å². The second-order valence-corrected chi connectivity index (χ2v) is 7.32. The number of benzene rings is 1. The van der Waals surface area contributed by atoms with Crippen molar-refractivity contribution in [3.05, 3.63) is 28.2 Å². The van der Waals surface area contributed by atoms with E-state index in [2.05, 4.69) is 10.6 Å². The van der Waals surface area contributed by atoms with E-state index in [1.54, 1.807) is 18.2 Å². The van der Waals surface area contributed by atoms with Crippen molar-refractivity contribution in [3.63, 3.8) is 0 Å². The van der Waals surface area contributed by atoms with Crippen LogP contribution in [0.15, 0.2) is 18.2 Å². The van der Waals surface area contributed by atoms with Crippen molar-refractivity contribution in [2.24, 2.45) is 11.8 Å². The van der Waals surface area contributed by atoms with Crippen LogP contribution in [0.1, 0.15) is 46.0 Å². The van der Waals surface area contributed by atoms with E-state index in [-0.39, 0.29) is 29.7 Å². The average Bonchev–Trinajstić information content (AvgIpc) is 2.57. The highest BCUT2D eigenvalue weighted by atomic mass is 35.5. The molecule has 6 heteroatoms. The largest absolute Gasteiger partial charge is 0.353 e. The number of anilines is 1. The molecule has 1 aliphatic carbocycles. The molecule has 132 valence electrons.